The van der Waals surface area contributed by atoms with Crippen molar-refractivity contribution in [1.82, 2.24) is 4.98 Å². The molecule has 0 saturated carbocycles. The average molecular weight is 411 g/mol. The lowest BCUT2D eigenvalue weighted by molar-refractivity contribution is -0.137. The quantitative estimate of drug-likeness (QED) is 0.576. The summed E-state index contributed by atoms with van der Waals surface area (Å²) in [6.45, 7) is 2.05. The van der Waals surface area contributed by atoms with Gasteiger partial charge in [0.2, 0.25) is 5.91 Å². The van der Waals surface area contributed by atoms with E-state index in [2.05, 4.69) is 10.2 Å². The number of benzene rings is 2. The van der Waals surface area contributed by atoms with Crippen LogP contribution in [0.1, 0.15) is 24.0 Å². The minimum Gasteiger partial charge on any atom is -0.357 e. The molecule has 0 spiro atoms. The maximum atomic E-state index is 12.6. The van der Waals surface area contributed by atoms with Gasteiger partial charge in [0.05, 0.1) is 11.1 Å². The van der Waals surface area contributed by atoms with Crippen molar-refractivity contribution in [2.24, 2.45) is 0 Å². The Labute approximate surface area is 172 Å². The Morgan fingerprint density at radius 3 is 2.43 bits per heavy atom. The summed E-state index contributed by atoms with van der Waals surface area (Å²) >= 11 is 0. The van der Waals surface area contributed by atoms with Crippen molar-refractivity contribution in [3.05, 3.63) is 71.8 Å². The molecule has 0 radical (unpaired) electrons. The van der Waals surface area contributed by atoms with Crippen LogP contribution < -0.4 is 10.2 Å². The predicted molar refractivity (Wildman–Crippen MR) is 112 cm³/mol. The minimum absolute atomic E-state index is 0.365. The second-order valence-electron chi connectivity index (χ2n) is 7.21. The zero-order chi connectivity index (χ0) is 21.1. The molecular weight excluding hydrogens is 391 g/mol. The van der Waals surface area contributed by atoms with Crippen molar-refractivity contribution in [3.63, 3.8) is 0 Å². The van der Waals surface area contributed by atoms with E-state index in [1.165, 1.54) is 37.1 Å². The highest BCUT2D eigenvalue weighted by molar-refractivity contribution is 6.03. The lowest BCUT2D eigenvalue weighted by Crippen LogP contribution is -2.18. The van der Waals surface area contributed by atoms with E-state index >= 15 is 0 Å². The van der Waals surface area contributed by atoms with Crippen LogP contribution in [0.2, 0.25) is 0 Å². The molecule has 3 aromatic rings. The average Bonchev–Trinajstić information content (AvgIpc) is 3.26. The summed E-state index contributed by atoms with van der Waals surface area (Å²) in [5, 5.41) is 3.68. The van der Waals surface area contributed by atoms with Crippen LogP contribution in [0.3, 0.4) is 0 Å². The van der Waals surface area contributed by atoms with Crippen LogP contribution >= 0.6 is 0 Å². The Kier molecular flexibility index (Phi) is 5.44. The molecule has 1 fully saturated rings. The highest BCUT2D eigenvalue weighted by atomic mass is 19.4. The number of amides is 1. The van der Waals surface area contributed by atoms with E-state index in [-0.39, 0.29) is 5.91 Å². The SMILES string of the molecule is O=C(/C=C/c1ccc(C(F)(F)F)cc1)Nc1ccc2nc(N3CCCC3)ccc2c1. The van der Waals surface area contributed by atoms with Crippen LogP contribution in [-0.2, 0) is 11.0 Å². The van der Waals surface area contributed by atoms with Gasteiger partial charge < -0.3 is 10.2 Å². The number of nitrogens with zero attached hydrogens (tertiary/aromatic N) is 2. The fraction of sp³-hybridized carbons (Fsp3) is 0.217. The lowest BCUT2D eigenvalue weighted by Gasteiger charge is -2.16. The fourth-order valence-electron chi connectivity index (χ4n) is 3.45. The number of fused-ring (bicyclic) bond motifs is 1. The van der Waals surface area contributed by atoms with E-state index in [1.54, 1.807) is 6.07 Å². The number of pyridine rings is 1. The van der Waals surface area contributed by atoms with Gasteiger partial charge in [-0.05, 0) is 66.9 Å². The third-order valence-corrected chi connectivity index (χ3v) is 5.04. The molecule has 0 atom stereocenters. The van der Waals surface area contributed by atoms with Gasteiger partial charge in [-0.25, -0.2) is 4.98 Å². The van der Waals surface area contributed by atoms with E-state index in [4.69, 9.17) is 4.98 Å². The highest BCUT2D eigenvalue weighted by Gasteiger charge is 2.29. The first-order valence-corrected chi connectivity index (χ1v) is 9.71. The molecule has 1 aliphatic heterocycles. The Hall–Kier alpha value is -3.35. The lowest BCUT2D eigenvalue weighted by atomic mass is 10.1. The van der Waals surface area contributed by atoms with Gasteiger partial charge in [0, 0.05) is 30.2 Å². The number of anilines is 2. The zero-order valence-corrected chi connectivity index (χ0v) is 16.1. The number of aromatic nitrogens is 1. The van der Waals surface area contributed by atoms with E-state index in [0.717, 1.165) is 41.9 Å². The third kappa shape index (κ3) is 4.62. The molecule has 154 valence electrons. The summed E-state index contributed by atoms with van der Waals surface area (Å²) < 4.78 is 37.8. The van der Waals surface area contributed by atoms with Gasteiger partial charge in [-0.3, -0.25) is 4.79 Å². The Bertz CT molecular complexity index is 1090. The van der Waals surface area contributed by atoms with Crippen molar-refractivity contribution < 1.29 is 18.0 Å². The first-order chi connectivity index (χ1) is 14.4. The second-order valence-corrected chi connectivity index (χ2v) is 7.21. The van der Waals surface area contributed by atoms with Crippen molar-refractivity contribution in [2.45, 2.75) is 19.0 Å². The topological polar surface area (TPSA) is 45.2 Å². The molecule has 0 unspecified atom stereocenters. The van der Waals surface area contributed by atoms with Crippen LogP contribution in [0.15, 0.2) is 60.7 Å². The minimum atomic E-state index is -4.38. The maximum absolute atomic E-state index is 12.6. The monoisotopic (exact) mass is 411 g/mol. The second kappa shape index (κ2) is 8.18. The number of hydrogen-bond acceptors (Lipinski definition) is 3. The molecule has 1 saturated heterocycles. The van der Waals surface area contributed by atoms with Crippen molar-refractivity contribution in [2.75, 3.05) is 23.3 Å². The molecular formula is C23H20F3N3O. The normalized spacial score (nSPS) is 14.6. The number of carbonyl (C=O) groups is 1. The summed E-state index contributed by atoms with van der Waals surface area (Å²) in [5.41, 5.74) is 1.27. The summed E-state index contributed by atoms with van der Waals surface area (Å²) in [6, 6.07) is 14.1. The molecule has 2 aromatic carbocycles. The maximum Gasteiger partial charge on any atom is 0.416 e. The van der Waals surface area contributed by atoms with Crippen LogP contribution in [0.5, 0.6) is 0 Å². The largest absolute Gasteiger partial charge is 0.416 e. The molecule has 1 amide bonds. The van der Waals surface area contributed by atoms with E-state index in [1.807, 2.05) is 24.3 Å². The van der Waals surface area contributed by atoms with Gasteiger partial charge in [-0.15, -0.1) is 0 Å². The summed E-state index contributed by atoms with van der Waals surface area (Å²) in [4.78, 5) is 19.1. The summed E-state index contributed by atoms with van der Waals surface area (Å²) in [6.07, 6.45) is 0.761. The first kappa shape index (κ1) is 19.9. The molecule has 7 heteroatoms. The van der Waals surface area contributed by atoms with Crippen LogP contribution in [0.25, 0.3) is 17.0 Å². The number of carbonyl (C=O) groups excluding carboxylic acids is 1. The van der Waals surface area contributed by atoms with Crippen molar-refractivity contribution in [3.8, 4) is 0 Å². The van der Waals surface area contributed by atoms with Gasteiger partial charge in [0.15, 0.2) is 0 Å². The Morgan fingerprint density at radius 2 is 1.73 bits per heavy atom. The molecule has 4 nitrogen and oxygen atoms in total. The van der Waals surface area contributed by atoms with Gasteiger partial charge >= 0.3 is 6.18 Å². The highest BCUT2D eigenvalue weighted by Crippen LogP contribution is 2.29. The number of halogens is 3. The van der Waals surface area contributed by atoms with E-state index in [0.29, 0.717) is 11.3 Å². The molecule has 4 rings (SSSR count). The number of nitrogens with one attached hydrogen (secondary N) is 1. The first-order valence-electron chi connectivity index (χ1n) is 9.71. The van der Waals surface area contributed by atoms with Gasteiger partial charge in [0.25, 0.3) is 0 Å². The third-order valence-electron chi connectivity index (χ3n) is 5.04. The fourth-order valence-corrected chi connectivity index (χ4v) is 3.45. The van der Waals surface area contributed by atoms with E-state index in [9.17, 15) is 18.0 Å². The van der Waals surface area contributed by atoms with Crippen molar-refractivity contribution in [1.29, 1.82) is 0 Å². The molecule has 1 aromatic heterocycles. The molecule has 1 N–H and O–H groups in total. The van der Waals surface area contributed by atoms with Crippen LogP contribution in [-0.4, -0.2) is 24.0 Å². The zero-order valence-electron chi connectivity index (χ0n) is 16.1. The van der Waals surface area contributed by atoms with Crippen LogP contribution in [0.4, 0.5) is 24.7 Å². The van der Waals surface area contributed by atoms with Crippen LogP contribution in [0, 0.1) is 0 Å². The van der Waals surface area contributed by atoms with Gasteiger partial charge in [-0.1, -0.05) is 12.1 Å². The molecule has 1 aliphatic rings. The number of rotatable bonds is 4. The molecule has 0 bridgehead atoms. The summed E-state index contributed by atoms with van der Waals surface area (Å²) in [5.74, 6) is 0.604. The van der Waals surface area contributed by atoms with Crippen molar-refractivity contribution >= 4 is 34.4 Å². The smallest absolute Gasteiger partial charge is 0.357 e. The summed E-state index contributed by atoms with van der Waals surface area (Å²) in [7, 11) is 0. The van der Waals surface area contributed by atoms with E-state index < -0.39 is 11.7 Å². The molecule has 30 heavy (non-hydrogen) atoms. The Morgan fingerprint density at radius 1 is 1.00 bits per heavy atom. The standard InChI is InChI=1S/C23H20F3N3O/c24-23(25,26)18-7-3-16(4-8-18)5-12-22(30)27-19-9-10-20-17(15-19)6-11-21(28-20)29-13-1-2-14-29/h3-12,15H,1-2,13-14H2,(H,27,30)/b12-5+. The van der Waals surface area contributed by atoms with Gasteiger partial charge in [0.1, 0.15) is 5.82 Å². The molecule has 0 aliphatic carbocycles. The Balaban J connectivity index is 1.42. The van der Waals surface area contributed by atoms with Gasteiger partial charge in [-0.2, -0.15) is 13.2 Å². The number of alkyl halides is 3. The molecule has 2 heterocycles. The number of hydrogen-bond donors (Lipinski definition) is 1. The predicted octanol–water partition coefficient (Wildman–Crippen LogP) is 5.51.